The van der Waals surface area contributed by atoms with Crippen molar-refractivity contribution < 1.29 is 9.59 Å². The zero-order chi connectivity index (χ0) is 15.3. The average molecular weight is 319 g/mol. The first-order valence-electron chi connectivity index (χ1n) is 6.02. The van der Waals surface area contributed by atoms with Crippen molar-refractivity contribution in [3.05, 3.63) is 21.9 Å². The summed E-state index contributed by atoms with van der Waals surface area (Å²) in [5, 5.41) is 9.82. The molecule has 0 unspecified atom stereocenters. The number of hydrogen-bond donors (Lipinski definition) is 1. The number of nitrogens with one attached hydrogen (secondary N) is 1. The molecule has 0 fully saturated rings. The van der Waals surface area contributed by atoms with Crippen molar-refractivity contribution in [1.82, 2.24) is 20.4 Å². The van der Waals surface area contributed by atoms with Crippen molar-refractivity contribution in [2.45, 2.75) is 13.8 Å². The minimum Gasteiger partial charge on any atom is -0.354 e. The smallest absolute Gasteiger partial charge is 0.257 e. The fourth-order valence-corrected chi connectivity index (χ4v) is 1.69. The van der Waals surface area contributed by atoms with Gasteiger partial charge in [-0.05, 0) is 12.0 Å². The number of halogens is 2. The maximum Gasteiger partial charge on any atom is 0.257 e. The summed E-state index contributed by atoms with van der Waals surface area (Å²) >= 11 is 11.5. The number of likely N-dealkylation sites (N-methyl/N-ethyl adjacent to an activating group) is 1. The quantitative estimate of drug-likeness (QED) is 0.895. The predicted molar refractivity (Wildman–Crippen MR) is 76.9 cm³/mol. The summed E-state index contributed by atoms with van der Waals surface area (Å²) in [7, 11) is 1.50. The van der Waals surface area contributed by atoms with E-state index in [0.717, 1.165) is 0 Å². The highest BCUT2D eigenvalue weighted by Gasteiger charge is 2.19. The minimum absolute atomic E-state index is 0.0474. The third kappa shape index (κ3) is 4.94. The van der Waals surface area contributed by atoms with E-state index >= 15 is 0 Å². The van der Waals surface area contributed by atoms with Gasteiger partial charge < -0.3 is 10.2 Å². The molecular weight excluding hydrogens is 303 g/mol. The van der Waals surface area contributed by atoms with Gasteiger partial charge in [-0.2, -0.15) is 0 Å². The lowest BCUT2D eigenvalue weighted by atomic mass is 10.2. The summed E-state index contributed by atoms with van der Waals surface area (Å²) < 4.78 is 0. The van der Waals surface area contributed by atoms with Gasteiger partial charge in [0.25, 0.3) is 5.91 Å². The molecule has 0 aliphatic carbocycles. The normalized spacial score (nSPS) is 10.5. The van der Waals surface area contributed by atoms with Gasteiger partial charge in [-0.3, -0.25) is 9.59 Å². The lowest BCUT2D eigenvalue weighted by Crippen LogP contribution is -2.39. The number of hydrogen-bond acceptors (Lipinski definition) is 4. The molecule has 2 amide bonds. The molecule has 1 heterocycles. The van der Waals surface area contributed by atoms with Crippen LogP contribution in [0.2, 0.25) is 10.3 Å². The van der Waals surface area contributed by atoms with Gasteiger partial charge in [-0.1, -0.05) is 37.0 Å². The predicted octanol–water partition coefficient (Wildman–Crippen LogP) is 1.63. The third-order valence-corrected chi connectivity index (χ3v) is 2.85. The minimum atomic E-state index is -0.438. The molecule has 1 rings (SSSR count). The van der Waals surface area contributed by atoms with Crippen LogP contribution in [0.5, 0.6) is 0 Å². The summed E-state index contributed by atoms with van der Waals surface area (Å²) in [6.45, 7) is 4.46. The van der Waals surface area contributed by atoms with E-state index in [1.54, 1.807) is 0 Å². The second-order valence-electron chi connectivity index (χ2n) is 4.73. The zero-order valence-electron chi connectivity index (χ0n) is 11.5. The van der Waals surface area contributed by atoms with Crippen LogP contribution in [0.4, 0.5) is 0 Å². The van der Waals surface area contributed by atoms with Crippen LogP contribution in [0.25, 0.3) is 0 Å². The van der Waals surface area contributed by atoms with E-state index in [1.807, 2.05) is 13.8 Å². The van der Waals surface area contributed by atoms with Crippen molar-refractivity contribution in [2.75, 3.05) is 20.1 Å². The van der Waals surface area contributed by atoms with Crippen LogP contribution in [-0.4, -0.2) is 47.0 Å². The summed E-state index contributed by atoms with van der Waals surface area (Å²) in [4.78, 5) is 25.0. The topological polar surface area (TPSA) is 75.2 Å². The van der Waals surface area contributed by atoms with Crippen LogP contribution < -0.4 is 5.32 Å². The van der Waals surface area contributed by atoms with Gasteiger partial charge >= 0.3 is 0 Å². The Morgan fingerprint density at radius 3 is 2.60 bits per heavy atom. The van der Waals surface area contributed by atoms with E-state index in [2.05, 4.69) is 15.5 Å². The monoisotopic (exact) mass is 318 g/mol. The first-order chi connectivity index (χ1) is 9.31. The molecule has 1 aromatic rings. The molecule has 0 saturated heterocycles. The molecular formula is C12H16Cl2N4O2. The molecule has 8 heteroatoms. The van der Waals surface area contributed by atoms with Crippen molar-refractivity contribution >= 4 is 35.0 Å². The van der Waals surface area contributed by atoms with E-state index in [9.17, 15) is 9.59 Å². The highest BCUT2D eigenvalue weighted by atomic mass is 35.5. The van der Waals surface area contributed by atoms with Crippen molar-refractivity contribution in [1.29, 1.82) is 0 Å². The lowest BCUT2D eigenvalue weighted by molar-refractivity contribution is -0.121. The molecule has 0 bridgehead atoms. The van der Waals surface area contributed by atoms with Gasteiger partial charge in [0.05, 0.1) is 12.1 Å². The Morgan fingerprint density at radius 2 is 2.00 bits per heavy atom. The number of amides is 2. The largest absolute Gasteiger partial charge is 0.354 e. The first-order valence-corrected chi connectivity index (χ1v) is 6.77. The molecule has 0 spiro atoms. The number of nitrogens with zero attached hydrogens (tertiary/aromatic N) is 3. The maximum absolute atomic E-state index is 12.1. The summed E-state index contributed by atoms with van der Waals surface area (Å²) in [5.41, 5.74) is 0.117. The third-order valence-electron chi connectivity index (χ3n) is 2.38. The van der Waals surface area contributed by atoms with E-state index in [1.165, 1.54) is 18.0 Å². The van der Waals surface area contributed by atoms with E-state index in [4.69, 9.17) is 23.2 Å². The Balaban J connectivity index is 2.67. The number of rotatable bonds is 5. The van der Waals surface area contributed by atoms with Crippen LogP contribution in [0.3, 0.4) is 0 Å². The van der Waals surface area contributed by atoms with Crippen molar-refractivity contribution in [3.8, 4) is 0 Å². The summed E-state index contributed by atoms with van der Waals surface area (Å²) in [5.74, 6) is -0.331. The molecule has 20 heavy (non-hydrogen) atoms. The average Bonchev–Trinajstić information content (AvgIpc) is 2.38. The van der Waals surface area contributed by atoms with Crippen molar-refractivity contribution in [3.63, 3.8) is 0 Å². The molecule has 0 aromatic carbocycles. The van der Waals surface area contributed by atoms with Crippen molar-refractivity contribution in [2.24, 2.45) is 5.92 Å². The van der Waals surface area contributed by atoms with Crippen LogP contribution in [0, 0.1) is 5.92 Å². The maximum atomic E-state index is 12.1. The zero-order valence-corrected chi connectivity index (χ0v) is 13.0. The Hall–Kier alpha value is -1.40. The number of aromatic nitrogens is 2. The molecule has 110 valence electrons. The van der Waals surface area contributed by atoms with Gasteiger partial charge in [0.1, 0.15) is 0 Å². The second kappa shape index (κ2) is 7.40. The standard InChI is InChI=1S/C12H16Cl2N4O2/c1-7(2)5-15-10(19)6-18(3)12(20)8-4-9(13)16-17-11(8)14/h4,7H,5-6H2,1-3H3,(H,15,19). The highest BCUT2D eigenvalue weighted by Crippen LogP contribution is 2.16. The first kappa shape index (κ1) is 16.7. The van der Waals surface area contributed by atoms with Gasteiger partial charge in [0, 0.05) is 13.6 Å². The molecule has 0 saturated carbocycles. The van der Waals surface area contributed by atoms with Crippen LogP contribution in [-0.2, 0) is 4.79 Å². The Bertz CT molecular complexity index is 508. The number of carbonyl (C=O) groups is 2. The van der Waals surface area contributed by atoms with Gasteiger partial charge in [-0.25, -0.2) is 0 Å². The lowest BCUT2D eigenvalue weighted by Gasteiger charge is -2.17. The molecule has 1 N–H and O–H groups in total. The van der Waals surface area contributed by atoms with E-state index in [0.29, 0.717) is 12.5 Å². The molecule has 0 aliphatic rings. The van der Waals surface area contributed by atoms with E-state index in [-0.39, 0.29) is 28.3 Å². The highest BCUT2D eigenvalue weighted by molar-refractivity contribution is 6.34. The SMILES string of the molecule is CC(C)CNC(=O)CN(C)C(=O)c1cc(Cl)nnc1Cl. The summed E-state index contributed by atoms with van der Waals surface area (Å²) in [6, 6.07) is 1.32. The van der Waals surface area contributed by atoms with E-state index < -0.39 is 5.91 Å². The fourth-order valence-electron chi connectivity index (χ4n) is 1.37. The van der Waals surface area contributed by atoms with Gasteiger partial charge in [-0.15, -0.1) is 10.2 Å². The Kier molecular flexibility index (Phi) is 6.16. The molecule has 0 aliphatic heterocycles. The second-order valence-corrected chi connectivity index (χ2v) is 5.48. The van der Waals surface area contributed by atoms with Gasteiger partial charge in [0.15, 0.2) is 10.3 Å². The molecule has 0 atom stereocenters. The fraction of sp³-hybridized carbons (Fsp3) is 0.500. The van der Waals surface area contributed by atoms with Crippen LogP contribution >= 0.6 is 23.2 Å². The van der Waals surface area contributed by atoms with Crippen LogP contribution in [0.15, 0.2) is 6.07 Å². The molecule has 1 aromatic heterocycles. The number of carbonyl (C=O) groups excluding carboxylic acids is 2. The molecule has 6 nitrogen and oxygen atoms in total. The van der Waals surface area contributed by atoms with Crippen LogP contribution in [0.1, 0.15) is 24.2 Å². The Morgan fingerprint density at radius 1 is 1.35 bits per heavy atom. The Labute approximate surface area is 127 Å². The molecule has 0 radical (unpaired) electrons. The van der Waals surface area contributed by atoms with Gasteiger partial charge in [0.2, 0.25) is 5.91 Å². The summed E-state index contributed by atoms with van der Waals surface area (Å²) in [6.07, 6.45) is 0.